The van der Waals surface area contributed by atoms with Gasteiger partial charge in [-0.05, 0) is 64.7 Å². The van der Waals surface area contributed by atoms with Gasteiger partial charge >= 0.3 is 6.09 Å². The van der Waals surface area contributed by atoms with Gasteiger partial charge in [0.05, 0.1) is 23.6 Å². The molecule has 5 heterocycles. The molecule has 40 heavy (non-hydrogen) atoms. The minimum absolute atomic E-state index is 0.182. The summed E-state index contributed by atoms with van der Waals surface area (Å²) in [6.45, 7) is 8.97. The van der Waals surface area contributed by atoms with Crippen LogP contribution < -0.4 is 4.90 Å². The molecule has 4 aromatic rings. The van der Waals surface area contributed by atoms with E-state index >= 15 is 0 Å². The summed E-state index contributed by atoms with van der Waals surface area (Å²) in [7, 11) is 1.84. The highest BCUT2D eigenvalue weighted by Crippen LogP contribution is 2.30. The van der Waals surface area contributed by atoms with Crippen LogP contribution in [-0.2, 0) is 9.47 Å². The Balaban J connectivity index is 1.18. The number of carbonyl (C=O) groups is 1. The third-order valence-corrected chi connectivity index (χ3v) is 7.94. The number of rotatable bonds is 4. The lowest BCUT2D eigenvalue weighted by Crippen LogP contribution is -2.47. The summed E-state index contributed by atoms with van der Waals surface area (Å²) < 4.78 is 13.3. The van der Waals surface area contributed by atoms with E-state index in [0.29, 0.717) is 5.92 Å². The van der Waals surface area contributed by atoms with Crippen molar-refractivity contribution >= 4 is 28.5 Å². The summed E-state index contributed by atoms with van der Waals surface area (Å²) in [6, 6.07) is 10.8. The number of benzene rings is 1. The zero-order valence-electron chi connectivity index (χ0n) is 23.7. The summed E-state index contributed by atoms with van der Waals surface area (Å²) in [5.74, 6) is 1.29. The van der Waals surface area contributed by atoms with E-state index in [0.717, 1.165) is 85.7 Å². The maximum atomic E-state index is 12.5. The van der Waals surface area contributed by atoms with Crippen LogP contribution in [0.15, 0.2) is 42.7 Å². The van der Waals surface area contributed by atoms with Gasteiger partial charge in [-0.1, -0.05) is 12.1 Å². The van der Waals surface area contributed by atoms with Crippen molar-refractivity contribution in [1.29, 1.82) is 0 Å². The van der Waals surface area contributed by atoms with Crippen molar-refractivity contribution in [1.82, 2.24) is 29.5 Å². The van der Waals surface area contributed by atoms with Crippen LogP contribution in [0.4, 0.5) is 10.5 Å². The number of fused-ring (bicyclic) bond motifs is 3. The number of hydrogen-bond acceptors (Lipinski definition) is 8. The molecule has 10 nitrogen and oxygen atoms in total. The lowest BCUT2D eigenvalue weighted by molar-refractivity contribution is 0.0201. The van der Waals surface area contributed by atoms with Crippen molar-refractivity contribution in [3.63, 3.8) is 0 Å². The van der Waals surface area contributed by atoms with Gasteiger partial charge in [0.15, 0.2) is 5.65 Å². The first-order valence-corrected chi connectivity index (χ1v) is 14.2. The fraction of sp³-hybridized carbons (Fsp3) is 0.500. The molecule has 3 aromatic heterocycles. The highest BCUT2D eigenvalue weighted by Gasteiger charge is 2.29. The first-order valence-electron chi connectivity index (χ1n) is 14.2. The number of hydrogen-bond donors (Lipinski definition) is 0. The Morgan fingerprint density at radius 2 is 1.73 bits per heavy atom. The molecule has 1 amide bonds. The molecule has 0 atom stereocenters. The third-order valence-electron chi connectivity index (χ3n) is 7.94. The molecule has 2 fully saturated rings. The third kappa shape index (κ3) is 5.32. The predicted molar refractivity (Wildman–Crippen MR) is 154 cm³/mol. The molecule has 0 N–H and O–H groups in total. The molecule has 0 aliphatic carbocycles. The van der Waals surface area contributed by atoms with E-state index in [-0.39, 0.29) is 12.1 Å². The molecule has 0 bridgehead atoms. The fourth-order valence-electron chi connectivity index (χ4n) is 5.70. The van der Waals surface area contributed by atoms with Gasteiger partial charge in [-0.15, -0.1) is 10.2 Å². The Morgan fingerprint density at radius 3 is 2.42 bits per heavy atom. The summed E-state index contributed by atoms with van der Waals surface area (Å²) in [5, 5.41) is 8.94. The SMILES string of the molecule is CN(C(=O)OC(C)(C)C)C1CCN(c2ccc(-c3cc4c(cn3)ncc3nnc(C5CCOCC5)n34)cc2)CC1. The van der Waals surface area contributed by atoms with Gasteiger partial charge < -0.3 is 19.3 Å². The molecule has 2 aliphatic heterocycles. The lowest BCUT2D eigenvalue weighted by atomic mass is 9.99. The fourth-order valence-corrected chi connectivity index (χ4v) is 5.70. The van der Waals surface area contributed by atoms with Crippen molar-refractivity contribution in [2.45, 2.75) is 64.0 Å². The molecule has 2 aliphatic rings. The van der Waals surface area contributed by atoms with E-state index < -0.39 is 5.60 Å². The minimum Gasteiger partial charge on any atom is -0.444 e. The highest BCUT2D eigenvalue weighted by molar-refractivity contribution is 5.81. The topological polar surface area (TPSA) is 98.0 Å². The molecule has 10 heteroatoms. The second kappa shape index (κ2) is 10.6. The number of aromatic nitrogens is 5. The summed E-state index contributed by atoms with van der Waals surface area (Å²) in [4.78, 5) is 25.9. The Morgan fingerprint density at radius 1 is 1.00 bits per heavy atom. The molecular formula is C30H37N7O3. The van der Waals surface area contributed by atoms with Crippen molar-refractivity contribution in [3.8, 4) is 11.3 Å². The zero-order valence-corrected chi connectivity index (χ0v) is 23.7. The van der Waals surface area contributed by atoms with Crippen LogP contribution in [0.25, 0.3) is 27.9 Å². The van der Waals surface area contributed by atoms with Crippen molar-refractivity contribution in [2.75, 3.05) is 38.3 Å². The Hall–Kier alpha value is -3.79. The van der Waals surface area contributed by atoms with Gasteiger partial charge in [-0.25, -0.2) is 9.78 Å². The normalized spacial score (nSPS) is 17.4. The number of anilines is 1. The molecule has 6 rings (SSSR count). The van der Waals surface area contributed by atoms with Gasteiger partial charge in [0.2, 0.25) is 0 Å². The van der Waals surface area contributed by atoms with Crippen LogP contribution in [0.5, 0.6) is 0 Å². The Labute approximate surface area is 234 Å². The largest absolute Gasteiger partial charge is 0.444 e. The number of ether oxygens (including phenoxy) is 2. The van der Waals surface area contributed by atoms with E-state index in [1.165, 1.54) is 5.69 Å². The number of pyridine rings is 1. The smallest absolute Gasteiger partial charge is 0.410 e. The quantitative estimate of drug-likeness (QED) is 0.352. The summed E-state index contributed by atoms with van der Waals surface area (Å²) >= 11 is 0. The van der Waals surface area contributed by atoms with E-state index in [4.69, 9.17) is 14.5 Å². The van der Waals surface area contributed by atoms with E-state index in [9.17, 15) is 4.79 Å². The summed E-state index contributed by atoms with van der Waals surface area (Å²) in [5.41, 5.74) is 5.16. The standard InChI is InChI=1S/C30H37N7O3/c1-30(2,3)40-29(38)35(4)22-9-13-36(14-10-22)23-7-5-20(6-8-23)24-17-26-25(18-31-24)32-19-27-33-34-28(37(26)27)21-11-15-39-16-12-21/h5-8,17-19,21-22H,9-16H2,1-4H3. The van der Waals surface area contributed by atoms with Crippen molar-refractivity contribution in [3.05, 3.63) is 48.5 Å². The van der Waals surface area contributed by atoms with Gasteiger partial charge in [-0.3, -0.25) is 9.38 Å². The first kappa shape index (κ1) is 26.4. The van der Waals surface area contributed by atoms with Gasteiger partial charge in [0, 0.05) is 56.6 Å². The van der Waals surface area contributed by atoms with Crippen LogP contribution in [0.3, 0.4) is 0 Å². The molecule has 0 radical (unpaired) electrons. The van der Waals surface area contributed by atoms with E-state index in [1.54, 1.807) is 11.1 Å². The van der Waals surface area contributed by atoms with Crippen LogP contribution in [0, 0.1) is 0 Å². The predicted octanol–water partition coefficient (Wildman–Crippen LogP) is 5.07. The highest BCUT2D eigenvalue weighted by atomic mass is 16.6. The lowest BCUT2D eigenvalue weighted by Gasteiger charge is -2.38. The Kier molecular flexibility index (Phi) is 7.04. The monoisotopic (exact) mass is 543 g/mol. The summed E-state index contributed by atoms with van der Waals surface area (Å²) in [6.07, 6.45) is 7.04. The molecule has 2 saturated heterocycles. The van der Waals surface area contributed by atoms with Crippen LogP contribution in [-0.4, -0.2) is 80.6 Å². The second-order valence-corrected chi connectivity index (χ2v) is 11.8. The van der Waals surface area contributed by atoms with Gasteiger partial charge in [0.25, 0.3) is 0 Å². The molecule has 210 valence electrons. The van der Waals surface area contributed by atoms with Crippen LogP contribution in [0.1, 0.15) is 58.2 Å². The number of piperidine rings is 1. The maximum absolute atomic E-state index is 12.5. The zero-order chi connectivity index (χ0) is 27.9. The van der Waals surface area contributed by atoms with Gasteiger partial charge in [0.1, 0.15) is 16.9 Å². The van der Waals surface area contributed by atoms with Crippen LogP contribution >= 0.6 is 0 Å². The molecule has 0 spiro atoms. The molecular weight excluding hydrogens is 506 g/mol. The average molecular weight is 544 g/mol. The van der Waals surface area contributed by atoms with Gasteiger partial charge in [-0.2, -0.15) is 0 Å². The minimum atomic E-state index is -0.487. The maximum Gasteiger partial charge on any atom is 0.410 e. The van der Waals surface area contributed by atoms with E-state index in [1.807, 2.05) is 34.0 Å². The first-order chi connectivity index (χ1) is 19.3. The number of carbonyl (C=O) groups excluding carboxylic acids is 1. The average Bonchev–Trinajstić information content (AvgIpc) is 3.41. The molecule has 0 saturated carbocycles. The van der Waals surface area contributed by atoms with Crippen LogP contribution in [0.2, 0.25) is 0 Å². The molecule has 1 aromatic carbocycles. The number of nitrogens with zero attached hydrogens (tertiary/aromatic N) is 7. The van der Waals surface area contributed by atoms with Crippen molar-refractivity contribution < 1.29 is 14.3 Å². The van der Waals surface area contributed by atoms with Crippen molar-refractivity contribution in [2.24, 2.45) is 0 Å². The van der Waals surface area contributed by atoms with E-state index in [2.05, 4.69) is 54.8 Å². The Bertz CT molecular complexity index is 1500. The molecule has 0 unspecified atom stereocenters. The second-order valence-electron chi connectivity index (χ2n) is 11.8. The number of amides is 1.